The molecule has 0 saturated carbocycles. The Kier molecular flexibility index (Phi) is 10.8. The van der Waals surface area contributed by atoms with Crippen molar-refractivity contribution in [1.82, 2.24) is 9.80 Å². The van der Waals surface area contributed by atoms with Gasteiger partial charge in [0, 0.05) is 60.1 Å². The standard InChI is InChI=1S/C37H43ClN4O6/c1-24-9-6-7-10-28(24)34(44)39-27-13-14-29(25(2)21-27)35(45)42-16-8-11-32(30-22-26(38)12-15-31(30)42)47-33(43)23-40-17-19-41(20-18-40)36(46)48-37(3,4)5/h6-7,9-10,12-15,21-22,32H,8,11,16-20,23H2,1-5H3,(H,39,44). The molecule has 0 bridgehead atoms. The predicted molar refractivity (Wildman–Crippen MR) is 186 cm³/mol. The molecular formula is C37H43ClN4O6. The number of esters is 1. The summed E-state index contributed by atoms with van der Waals surface area (Å²) < 4.78 is 11.5. The first-order chi connectivity index (χ1) is 22.8. The molecule has 10 nitrogen and oxygen atoms in total. The van der Waals surface area contributed by atoms with Gasteiger partial charge in [-0.2, -0.15) is 0 Å². The van der Waals surface area contributed by atoms with Crippen molar-refractivity contribution in [3.63, 3.8) is 0 Å². The quantitative estimate of drug-likeness (QED) is 0.287. The van der Waals surface area contributed by atoms with Gasteiger partial charge < -0.3 is 24.6 Å². The normalized spacial score (nSPS) is 16.8. The van der Waals surface area contributed by atoms with Gasteiger partial charge in [0.25, 0.3) is 11.8 Å². The number of hydrogen-bond donors (Lipinski definition) is 1. The lowest BCUT2D eigenvalue weighted by Crippen LogP contribution is -2.51. The molecule has 11 heteroatoms. The Morgan fingerprint density at radius 3 is 2.29 bits per heavy atom. The number of benzene rings is 3. The average molecular weight is 675 g/mol. The SMILES string of the molecule is Cc1ccccc1C(=O)Nc1ccc(C(=O)N2CCCC(OC(=O)CN3CCN(C(=O)OC(C)(C)C)CC3)c3cc(Cl)ccc32)c(C)c1. The molecule has 254 valence electrons. The number of nitrogens with one attached hydrogen (secondary N) is 1. The lowest BCUT2D eigenvalue weighted by Gasteiger charge is -2.35. The molecule has 2 aliphatic rings. The third-order valence-corrected chi connectivity index (χ3v) is 8.71. The summed E-state index contributed by atoms with van der Waals surface area (Å²) in [5.41, 5.74) is 4.03. The zero-order chi connectivity index (χ0) is 34.6. The molecule has 5 rings (SSSR count). The van der Waals surface area contributed by atoms with Crippen LogP contribution in [0.4, 0.5) is 16.2 Å². The number of carbonyl (C=O) groups excluding carboxylic acids is 4. The summed E-state index contributed by atoms with van der Waals surface area (Å²) in [7, 11) is 0. The number of halogens is 1. The molecule has 3 aromatic carbocycles. The number of piperazine rings is 1. The molecule has 0 radical (unpaired) electrons. The fourth-order valence-corrected chi connectivity index (χ4v) is 6.20. The van der Waals surface area contributed by atoms with E-state index in [0.29, 0.717) is 78.7 Å². The predicted octanol–water partition coefficient (Wildman–Crippen LogP) is 6.79. The minimum absolute atomic E-state index is 0.0864. The molecule has 1 fully saturated rings. The van der Waals surface area contributed by atoms with E-state index in [1.54, 1.807) is 52.3 Å². The van der Waals surface area contributed by atoms with Crippen LogP contribution < -0.4 is 10.2 Å². The van der Waals surface area contributed by atoms with E-state index in [1.807, 2.05) is 57.7 Å². The first kappa shape index (κ1) is 34.9. The van der Waals surface area contributed by atoms with Crippen LogP contribution in [0.1, 0.15) is 77.1 Å². The molecule has 0 aromatic heterocycles. The van der Waals surface area contributed by atoms with Gasteiger partial charge in [-0.25, -0.2) is 4.79 Å². The number of amides is 3. The third kappa shape index (κ3) is 8.54. The van der Waals surface area contributed by atoms with Crippen LogP contribution in [0.15, 0.2) is 60.7 Å². The van der Waals surface area contributed by atoms with Crippen LogP contribution in [0, 0.1) is 13.8 Å². The lowest BCUT2D eigenvalue weighted by molar-refractivity contribution is -0.151. The zero-order valence-electron chi connectivity index (χ0n) is 28.2. The molecule has 2 heterocycles. The molecule has 1 unspecified atom stereocenters. The molecule has 48 heavy (non-hydrogen) atoms. The molecular weight excluding hydrogens is 632 g/mol. The second-order valence-corrected chi connectivity index (χ2v) is 13.8. The molecule has 1 atom stereocenters. The number of carbonyl (C=O) groups is 4. The number of fused-ring (bicyclic) bond motifs is 1. The van der Waals surface area contributed by atoms with Crippen molar-refractivity contribution < 1.29 is 28.7 Å². The van der Waals surface area contributed by atoms with Gasteiger partial charge in [-0.1, -0.05) is 29.8 Å². The zero-order valence-corrected chi connectivity index (χ0v) is 28.9. The fraction of sp³-hybridized carbons (Fsp3) is 0.405. The summed E-state index contributed by atoms with van der Waals surface area (Å²) in [5.74, 6) is -0.785. The fourth-order valence-electron chi connectivity index (χ4n) is 6.02. The van der Waals surface area contributed by atoms with Crippen molar-refractivity contribution >= 4 is 46.9 Å². The Labute approximate surface area is 286 Å². The van der Waals surface area contributed by atoms with Gasteiger partial charge in [0.2, 0.25) is 0 Å². The summed E-state index contributed by atoms with van der Waals surface area (Å²) in [4.78, 5) is 57.8. The Morgan fingerprint density at radius 2 is 1.60 bits per heavy atom. The molecule has 2 aliphatic heterocycles. The molecule has 3 amide bonds. The van der Waals surface area contributed by atoms with Crippen molar-refractivity contribution in [1.29, 1.82) is 0 Å². The van der Waals surface area contributed by atoms with E-state index in [4.69, 9.17) is 21.1 Å². The van der Waals surface area contributed by atoms with Crippen LogP contribution >= 0.6 is 11.6 Å². The number of aryl methyl sites for hydroxylation is 2. The second-order valence-electron chi connectivity index (χ2n) is 13.3. The monoisotopic (exact) mass is 674 g/mol. The first-order valence-corrected chi connectivity index (χ1v) is 16.7. The van der Waals surface area contributed by atoms with E-state index in [-0.39, 0.29) is 30.4 Å². The van der Waals surface area contributed by atoms with Crippen molar-refractivity contribution in [3.8, 4) is 0 Å². The van der Waals surface area contributed by atoms with Gasteiger partial charge in [0.05, 0.1) is 12.2 Å². The Hall–Kier alpha value is -4.41. The highest BCUT2D eigenvalue weighted by Gasteiger charge is 2.32. The summed E-state index contributed by atoms with van der Waals surface area (Å²) in [6.07, 6.45) is 0.200. The number of rotatable bonds is 6. The third-order valence-electron chi connectivity index (χ3n) is 8.48. The van der Waals surface area contributed by atoms with Crippen molar-refractivity contribution in [2.45, 2.75) is 59.2 Å². The van der Waals surface area contributed by atoms with Crippen LogP contribution in [0.2, 0.25) is 5.02 Å². The summed E-state index contributed by atoms with van der Waals surface area (Å²) in [5, 5.41) is 3.41. The van der Waals surface area contributed by atoms with Crippen LogP contribution in [-0.2, 0) is 14.3 Å². The van der Waals surface area contributed by atoms with Crippen LogP contribution in [0.3, 0.4) is 0 Å². The van der Waals surface area contributed by atoms with E-state index in [1.165, 1.54) is 0 Å². The van der Waals surface area contributed by atoms with Crippen molar-refractivity contribution in [3.05, 3.63) is 93.5 Å². The van der Waals surface area contributed by atoms with E-state index in [9.17, 15) is 19.2 Å². The maximum Gasteiger partial charge on any atom is 0.410 e. The average Bonchev–Trinajstić information content (AvgIpc) is 3.19. The summed E-state index contributed by atoms with van der Waals surface area (Å²) in [6, 6.07) is 17.9. The Morgan fingerprint density at radius 1 is 0.875 bits per heavy atom. The highest BCUT2D eigenvalue weighted by molar-refractivity contribution is 6.30. The lowest BCUT2D eigenvalue weighted by atomic mass is 10.0. The largest absolute Gasteiger partial charge is 0.456 e. The van der Waals surface area contributed by atoms with Crippen LogP contribution in [0.5, 0.6) is 0 Å². The molecule has 3 aromatic rings. The number of anilines is 2. The maximum atomic E-state index is 14.0. The van der Waals surface area contributed by atoms with Crippen molar-refractivity contribution in [2.24, 2.45) is 0 Å². The smallest absolute Gasteiger partial charge is 0.410 e. The molecule has 0 spiro atoms. The second kappa shape index (κ2) is 14.8. The van der Waals surface area contributed by atoms with Gasteiger partial charge in [-0.05, 0) is 101 Å². The number of hydrogen-bond acceptors (Lipinski definition) is 7. The minimum Gasteiger partial charge on any atom is -0.456 e. The highest BCUT2D eigenvalue weighted by Crippen LogP contribution is 2.38. The van der Waals surface area contributed by atoms with Crippen LogP contribution in [-0.4, -0.2) is 78.5 Å². The van der Waals surface area contributed by atoms with Gasteiger partial charge in [0.1, 0.15) is 11.7 Å². The Bertz CT molecular complexity index is 1700. The molecule has 1 N–H and O–H groups in total. The van der Waals surface area contributed by atoms with Gasteiger partial charge in [-0.3, -0.25) is 19.3 Å². The maximum absolute atomic E-state index is 14.0. The number of ether oxygens (including phenoxy) is 2. The van der Waals surface area contributed by atoms with E-state index in [2.05, 4.69) is 5.32 Å². The Balaban J connectivity index is 1.25. The summed E-state index contributed by atoms with van der Waals surface area (Å²) >= 11 is 6.42. The van der Waals surface area contributed by atoms with E-state index in [0.717, 1.165) is 11.1 Å². The van der Waals surface area contributed by atoms with E-state index >= 15 is 0 Å². The minimum atomic E-state index is -0.577. The molecule has 1 saturated heterocycles. The van der Waals surface area contributed by atoms with Crippen LogP contribution in [0.25, 0.3) is 0 Å². The highest BCUT2D eigenvalue weighted by atomic mass is 35.5. The van der Waals surface area contributed by atoms with Gasteiger partial charge in [0.15, 0.2) is 0 Å². The topological polar surface area (TPSA) is 108 Å². The first-order valence-electron chi connectivity index (χ1n) is 16.3. The van der Waals surface area contributed by atoms with Crippen molar-refractivity contribution in [2.75, 3.05) is 49.5 Å². The summed E-state index contributed by atoms with van der Waals surface area (Å²) in [6.45, 7) is 11.7. The van der Waals surface area contributed by atoms with Gasteiger partial charge >= 0.3 is 12.1 Å². The number of nitrogens with zero attached hydrogens (tertiary/aromatic N) is 3. The molecule has 0 aliphatic carbocycles. The van der Waals surface area contributed by atoms with E-state index < -0.39 is 11.7 Å². The van der Waals surface area contributed by atoms with Gasteiger partial charge in [-0.15, -0.1) is 0 Å².